The number of rotatable bonds is 3. The Hall–Kier alpha value is -3.11. The number of hydrogen-bond acceptors (Lipinski definition) is 2. The zero-order valence-corrected chi connectivity index (χ0v) is 13.9. The monoisotopic (exact) mass is 347 g/mol. The molecule has 0 saturated carbocycles. The highest BCUT2D eigenvalue weighted by Crippen LogP contribution is 2.25. The first-order valence-electron chi connectivity index (χ1n) is 7.80. The summed E-state index contributed by atoms with van der Waals surface area (Å²) in [4.78, 5) is 19.9. The summed E-state index contributed by atoms with van der Waals surface area (Å²) >= 11 is 6.16. The van der Waals surface area contributed by atoms with E-state index in [0.717, 1.165) is 22.2 Å². The van der Waals surface area contributed by atoms with Crippen LogP contribution in [0.4, 0.5) is 5.69 Å². The number of anilines is 1. The molecule has 0 aliphatic rings. The van der Waals surface area contributed by atoms with Crippen LogP contribution in [0.2, 0.25) is 5.02 Å². The van der Waals surface area contributed by atoms with Crippen molar-refractivity contribution in [1.82, 2.24) is 9.97 Å². The van der Waals surface area contributed by atoms with Crippen molar-refractivity contribution in [3.8, 4) is 11.3 Å². The molecular weight excluding hydrogens is 334 g/mol. The average Bonchev–Trinajstić information content (AvgIpc) is 3.10. The molecular formula is C20H14ClN3O. The van der Waals surface area contributed by atoms with Gasteiger partial charge in [-0.25, -0.2) is 0 Å². The molecule has 0 aliphatic heterocycles. The van der Waals surface area contributed by atoms with Crippen molar-refractivity contribution in [2.24, 2.45) is 0 Å². The molecule has 0 bridgehead atoms. The van der Waals surface area contributed by atoms with Crippen LogP contribution in [-0.4, -0.2) is 15.9 Å². The van der Waals surface area contributed by atoms with E-state index in [0.29, 0.717) is 16.3 Å². The maximum Gasteiger partial charge on any atom is 0.255 e. The smallest absolute Gasteiger partial charge is 0.255 e. The van der Waals surface area contributed by atoms with E-state index in [1.807, 2.05) is 42.6 Å². The highest BCUT2D eigenvalue weighted by Gasteiger charge is 2.09. The molecule has 0 unspecified atom stereocenters. The van der Waals surface area contributed by atoms with E-state index in [2.05, 4.69) is 15.3 Å². The fourth-order valence-electron chi connectivity index (χ4n) is 2.71. The van der Waals surface area contributed by atoms with Crippen molar-refractivity contribution in [1.29, 1.82) is 0 Å². The van der Waals surface area contributed by atoms with Crippen molar-refractivity contribution in [2.75, 3.05) is 5.32 Å². The van der Waals surface area contributed by atoms with Gasteiger partial charge in [-0.15, -0.1) is 0 Å². The number of carbonyl (C=O) groups excluding carboxylic acids is 1. The summed E-state index contributed by atoms with van der Waals surface area (Å²) in [6.45, 7) is 0. The Morgan fingerprint density at radius 3 is 2.68 bits per heavy atom. The van der Waals surface area contributed by atoms with Gasteiger partial charge in [-0.05, 0) is 48.5 Å². The number of benzene rings is 2. The lowest BCUT2D eigenvalue weighted by atomic mass is 10.1. The van der Waals surface area contributed by atoms with Crippen LogP contribution < -0.4 is 5.32 Å². The number of halogens is 1. The number of fused-ring (bicyclic) bond motifs is 1. The maximum atomic E-state index is 12.4. The van der Waals surface area contributed by atoms with Crippen LogP contribution in [0, 0.1) is 0 Å². The summed E-state index contributed by atoms with van der Waals surface area (Å²) in [6.07, 6.45) is 3.57. The summed E-state index contributed by atoms with van der Waals surface area (Å²) in [7, 11) is 0. The average molecular weight is 348 g/mol. The molecule has 0 fully saturated rings. The molecule has 2 heterocycles. The van der Waals surface area contributed by atoms with Gasteiger partial charge in [0.05, 0.1) is 10.7 Å². The number of carbonyl (C=O) groups is 1. The summed E-state index contributed by atoms with van der Waals surface area (Å²) in [5.74, 6) is -0.159. The molecule has 1 amide bonds. The minimum atomic E-state index is -0.159. The van der Waals surface area contributed by atoms with Gasteiger partial charge in [0, 0.05) is 40.1 Å². The van der Waals surface area contributed by atoms with Crippen LogP contribution in [0.5, 0.6) is 0 Å². The SMILES string of the molecule is O=C(Nc1ccc2[nH]ccc2c1)c1ccc(-c2ncccc2Cl)cc1. The van der Waals surface area contributed by atoms with Gasteiger partial charge < -0.3 is 10.3 Å². The summed E-state index contributed by atoms with van der Waals surface area (Å²) < 4.78 is 0. The first kappa shape index (κ1) is 15.4. The van der Waals surface area contributed by atoms with Crippen LogP contribution in [0.1, 0.15) is 10.4 Å². The largest absolute Gasteiger partial charge is 0.361 e. The number of aromatic amines is 1. The Morgan fingerprint density at radius 2 is 1.88 bits per heavy atom. The second kappa shape index (κ2) is 6.42. The zero-order valence-electron chi connectivity index (χ0n) is 13.2. The number of amides is 1. The molecule has 2 N–H and O–H groups in total. The number of nitrogens with one attached hydrogen (secondary N) is 2. The van der Waals surface area contributed by atoms with Crippen LogP contribution in [0.15, 0.2) is 73.1 Å². The van der Waals surface area contributed by atoms with E-state index in [4.69, 9.17) is 11.6 Å². The fourth-order valence-corrected chi connectivity index (χ4v) is 2.94. The van der Waals surface area contributed by atoms with E-state index in [9.17, 15) is 4.79 Å². The minimum Gasteiger partial charge on any atom is -0.361 e. The molecule has 4 aromatic rings. The molecule has 25 heavy (non-hydrogen) atoms. The first-order chi connectivity index (χ1) is 12.2. The zero-order chi connectivity index (χ0) is 17.2. The lowest BCUT2D eigenvalue weighted by molar-refractivity contribution is 0.102. The summed E-state index contributed by atoms with van der Waals surface area (Å²) in [5.41, 5.74) is 3.94. The molecule has 0 radical (unpaired) electrons. The van der Waals surface area contributed by atoms with Gasteiger partial charge in [-0.2, -0.15) is 0 Å². The number of pyridine rings is 1. The van der Waals surface area contributed by atoms with E-state index in [-0.39, 0.29) is 5.91 Å². The van der Waals surface area contributed by atoms with Crippen LogP contribution in [-0.2, 0) is 0 Å². The molecule has 2 aromatic heterocycles. The molecule has 5 heteroatoms. The third kappa shape index (κ3) is 3.12. The van der Waals surface area contributed by atoms with E-state index >= 15 is 0 Å². The van der Waals surface area contributed by atoms with Crippen LogP contribution in [0.3, 0.4) is 0 Å². The molecule has 122 valence electrons. The summed E-state index contributed by atoms with van der Waals surface area (Å²) in [6, 6.07) is 18.5. The lowest BCUT2D eigenvalue weighted by Crippen LogP contribution is -2.11. The Kier molecular flexibility index (Phi) is 3.96. The standard InChI is InChI=1S/C20H14ClN3O/c21-17-2-1-10-23-19(17)13-3-5-14(6-4-13)20(25)24-16-7-8-18-15(12-16)9-11-22-18/h1-12,22H,(H,24,25). The molecule has 2 aromatic carbocycles. The van der Waals surface area contributed by atoms with Gasteiger partial charge >= 0.3 is 0 Å². The van der Waals surface area contributed by atoms with E-state index in [1.54, 1.807) is 30.5 Å². The van der Waals surface area contributed by atoms with Crippen molar-refractivity contribution in [2.45, 2.75) is 0 Å². The molecule has 0 spiro atoms. The third-order valence-corrected chi connectivity index (χ3v) is 4.30. The van der Waals surface area contributed by atoms with Crippen LogP contribution >= 0.6 is 11.6 Å². The van der Waals surface area contributed by atoms with Gasteiger partial charge in [-0.1, -0.05) is 23.7 Å². The number of hydrogen-bond donors (Lipinski definition) is 2. The Bertz CT molecular complexity index is 1050. The van der Waals surface area contributed by atoms with Crippen molar-refractivity contribution < 1.29 is 4.79 Å². The first-order valence-corrected chi connectivity index (χ1v) is 8.18. The quantitative estimate of drug-likeness (QED) is 0.539. The third-order valence-electron chi connectivity index (χ3n) is 3.99. The van der Waals surface area contributed by atoms with E-state index < -0.39 is 0 Å². The predicted octanol–water partition coefficient (Wildman–Crippen LogP) is 5.14. The molecule has 0 saturated heterocycles. The minimum absolute atomic E-state index is 0.159. The van der Waals surface area contributed by atoms with Gasteiger partial charge in [0.2, 0.25) is 0 Å². The Labute approximate surface area is 149 Å². The molecule has 4 rings (SSSR count). The van der Waals surface area contributed by atoms with Gasteiger partial charge in [0.1, 0.15) is 0 Å². The summed E-state index contributed by atoms with van der Waals surface area (Å²) in [5, 5.41) is 4.55. The molecule has 0 atom stereocenters. The number of aromatic nitrogens is 2. The van der Waals surface area contributed by atoms with Gasteiger partial charge in [0.15, 0.2) is 0 Å². The molecule has 4 nitrogen and oxygen atoms in total. The predicted molar refractivity (Wildman–Crippen MR) is 101 cm³/mol. The Morgan fingerprint density at radius 1 is 1.04 bits per heavy atom. The highest BCUT2D eigenvalue weighted by molar-refractivity contribution is 6.33. The maximum absolute atomic E-state index is 12.4. The van der Waals surface area contributed by atoms with Gasteiger partial charge in [0.25, 0.3) is 5.91 Å². The topological polar surface area (TPSA) is 57.8 Å². The second-order valence-electron chi connectivity index (χ2n) is 5.65. The fraction of sp³-hybridized carbons (Fsp3) is 0. The number of H-pyrrole nitrogens is 1. The molecule has 0 aliphatic carbocycles. The number of nitrogens with zero attached hydrogens (tertiary/aromatic N) is 1. The lowest BCUT2D eigenvalue weighted by Gasteiger charge is -2.07. The van der Waals surface area contributed by atoms with Crippen molar-refractivity contribution in [3.05, 3.63) is 83.6 Å². The highest BCUT2D eigenvalue weighted by atomic mass is 35.5. The normalized spacial score (nSPS) is 10.8. The van der Waals surface area contributed by atoms with E-state index in [1.165, 1.54) is 0 Å². The van der Waals surface area contributed by atoms with Crippen LogP contribution in [0.25, 0.3) is 22.2 Å². The Balaban J connectivity index is 1.55. The van der Waals surface area contributed by atoms with Gasteiger partial charge in [-0.3, -0.25) is 9.78 Å². The van der Waals surface area contributed by atoms with Crippen molar-refractivity contribution in [3.63, 3.8) is 0 Å². The van der Waals surface area contributed by atoms with Crippen molar-refractivity contribution >= 4 is 34.1 Å². The second-order valence-corrected chi connectivity index (χ2v) is 6.05.